The van der Waals surface area contributed by atoms with Crippen LogP contribution in [-0.4, -0.2) is 53.8 Å². The molecule has 2 unspecified atom stereocenters. The maximum Gasteiger partial charge on any atom is 0.227 e. The average molecular weight is 399 g/mol. The normalized spacial score (nSPS) is 30.1. The fraction of sp³-hybridized carbons (Fsp3) is 0.652. The van der Waals surface area contributed by atoms with Gasteiger partial charge in [-0.25, -0.2) is 0 Å². The number of amides is 2. The first-order valence-electron chi connectivity index (χ1n) is 11.1. The van der Waals surface area contributed by atoms with Crippen LogP contribution < -0.4 is 11.1 Å². The lowest BCUT2D eigenvalue weighted by Crippen LogP contribution is -2.48. The van der Waals surface area contributed by atoms with E-state index in [2.05, 4.69) is 22.3 Å². The van der Waals surface area contributed by atoms with Gasteiger partial charge in [0.15, 0.2) is 0 Å². The van der Waals surface area contributed by atoms with E-state index in [0.29, 0.717) is 17.9 Å². The molecule has 0 spiro atoms. The standard InChI is InChI=1S/C23H34N4O2/c1-16(28)27-11-9-26(10-12-27)15-17-5-7-21(8-6-17)25-23(29)20-13-18-3-2-4-19(14-20)22(18)24/h5-8,18-20,22H,2-4,9-15,24H2,1H3,(H,25,29). The number of anilines is 1. The fourth-order valence-corrected chi connectivity index (χ4v) is 5.42. The van der Waals surface area contributed by atoms with Gasteiger partial charge in [-0.2, -0.15) is 0 Å². The van der Waals surface area contributed by atoms with E-state index in [4.69, 9.17) is 5.73 Å². The van der Waals surface area contributed by atoms with E-state index in [1.807, 2.05) is 17.0 Å². The molecule has 3 fully saturated rings. The number of piperazine rings is 1. The highest BCUT2D eigenvalue weighted by atomic mass is 16.2. The molecule has 1 aromatic carbocycles. The van der Waals surface area contributed by atoms with Crippen molar-refractivity contribution < 1.29 is 9.59 Å². The Kier molecular flexibility index (Phi) is 6.20. The average Bonchev–Trinajstić information content (AvgIpc) is 2.69. The van der Waals surface area contributed by atoms with E-state index < -0.39 is 0 Å². The van der Waals surface area contributed by atoms with Crippen LogP contribution in [0, 0.1) is 17.8 Å². The van der Waals surface area contributed by atoms with E-state index >= 15 is 0 Å². The Morgan fingerprint density at radius 1 is 1.03 bits per heavy atom. The van der Waals surface area contributed by atoms with E-state index in [-0.39, 0.29) is 17.7 Å². The minimum atomic E-state index is 0.0994. The van der Waals surface area contributed by atoms with Gasteiger partial charge in [0.1, 0.15) is 0 Å². The third-order valence-electron chi connectivity index (χ3n) is 7.23. The smallest absolute Gasteiger partial charge is 0.227 e. The Morgan fingerprint density at radius 2 is 1.66 bits per heavy atom. The van der Waals surface area contributed by atoms with Crippen LogP contribution in [0.3, 0.4) is 0 Å². The second-order valence-corrected chi connectivity index (χ2v) is 9.17. The summed E-state index contributed by atoms with van der Waals surface area (Å²) in [5.74, 6) is 1.45. The Balaban J connectivity index is 1.27. The molecule has 0 radical (unpaired) electrons. The highest BCUT2D eigenvalue weighted by Crippen LogP contribution is 2.42. The lowest BCUT2D eigenvalue weighted by Gasteiger charge is -2.43. The summed E-state index contributed by atoms with van der Waals surface area (Å²) < 4.78 is 0. The number of hydrogen-bond donors (Lipinski definition) is 2. The summed E-state index contributed by atoms with van der Waals surface area (Å²) in [7, 11) is 0. The predicted molar refractivity (Wildman–Crippen MR) is 114 cm³/mol. The van der Waals surface area contributed by atoms with Gasteiger partial charge in [-0.05, 0) is 55.2 Å². The molecule has 1 aromatic rings. The third-order valence-corrected chi connectivity index (χ3v) is 7.23. The maximum absolute atomic E-state index is 12.8. The summed E-state index contributed by atoms with van der Waals surface area (Å²) in [5, 5.41) is 3.13. The molecule has 2 saturated carbocycles. The number of nitrogens with one attached hydrogen (secondary N) is 1. The maximum atomic E-state index is 12.8. The molecule has 2 amide bonds. The summed E-state index contributed by atoms with van der Waals surface area (Å²) in [6, 6.07) is 8.50. The number of hydrogen-bond acceptors (Lipinski definition) is 4. The molecule has 1 aliphatic heterocycles. The van der Waals surface area contributed by atoms with Crippen LogP contribution in [0.15, 0.2) is 24.3 Å². The van der Waals surface area contributed by atoms with Crippen molar-refractivity contribution in [3.05, 3.63) is 29.8 Å². The van der Waals surface area contributed by atoms with Gasteiger partial charge in [-0.15, -0.1) is 0 Å². The Labute approximate surface area is 173 Å². The first-order chi connectivity index (χ1) is 14.0. The van der Waals surface area contributed by atoms with Crippen LogP contribution in [0.2, 0.25) is 0 Å². The number of rotatable bonds is 4. The van der Waals surface area contributed by atoms with Crippen LogP contribution >= 0.6 is 0 Å². The molecule has 3 aliphatic rings. The number of fused-ring (bicyclic) bond motifs is 2. The number of carbonyl (C=O) groups excluding carboxylic acids is 2. The van der Waals surface area contributed by atoms with Crippen molar-refractivity contribution in [2.75, 3.05) is 31.5 Å². The van der Waals surface area contributed by atoms with Crippen molar-refractivity contribution in [3.63, 3.8) is 0 Å². The number of nitrogens with two attached hydrogens (primary N) is 1. The zero-order valence-electron chi connectivity index (χ0n) is 17.5. The van der Waals surface area contributed by atoms with Gasteiger partial charge in [0, 0.05) is 57.3 Å². The minimum Gasteiger partial charge on any atom is -0.340 e. The Bertz CT molecular complexity index is 713. The van der Waals surface area contributed by atoms with Crippen molar-refractivity contribution in [1.29, 1.82) is 0 Å². The molecule has 29 heavy (non-hydrogen) atoms. The number of carbonyl (C=O) groups is 2. The number of nitrogens with zero attached hydrogens (tertiary/aromatic N) is 2. The second kappa shape index (κ2) is 8.84. The van der Waals surface area contributed by atoms with Gasteiger partial charge in [0.2, 0.25) is 11.8 Å². The van der Waals surface area contributed by atoms with Gasteiger partial charge in [-0.3, -0.25) is 14.5 Å². The Hall–Kier alpha value is -1.92. The molecular weight excluding hydrogens is 364 g/mol. The van der Waals surface area contributed by atoms with E-state index in [9.17, 15) is 9.59 Å². The summed E-state index contributed by atoms with van der Waals surface area (Å²) in [5.41, 5.74) is 8.47. The van der Waals surface area contributed by atoms with Crippen molar-refractivity contribution in [2.45, 2.75) is 51.6 Å². The quantitative estimate of drug-likeness (QED) is 0.817. The first-order valence-corrected chi connectivity index (χ1v) is 11.1. The lowest BCUT2D eigenvalue weighted by molar-refractivity contribution is -0.130. The molecular formula is C23H34N4O2. The molecule has 3 N–H and O–H groups in total. The van der Waals surface area contributed by atoms with Crippen molar-refractivity contribution >= 4 is 17.5 Å². The van der Waals surface area contributed by atoms with Gasteiger partial charge in [-0.1, -0.05) is 18.6 Å². The molecule has 4 rings (SSSR count). The van der Waals surface area contributed by atoms with Gasteiger partial charge in [0.05, 0.1) is 0 Å². The molecule has 2 bridgehead atoms. The largest absolute Gasteiger partial charge is 0.340 e. The topological polar surface area (TPSA) is 78.7 Å². The summed E-state index contributed by atoms with van der Waals surface area (Å²) >= 11 is 0. The molecule has 1 heterocycles. The SMILES string of the molecule is CC(=O)N1CCN(Cc2ccc(NC(=O)C3CC4CCCC(C3)C4N)cc2)CC1. The van der Waals surface area contributed by atoms with Gasteiger partial charge in [0.25, 0.3) is 0 Å². The third kappa shape index (κ3) is 4.81. The number of benzene rings is 1. The van der Waals surface area contributed by atoms with E-state index in [0.717, 1.165) is 51.3 Å². The van der Waals surface area contributed by atoms with Crippen LogP contribution in [0.5, 0.6) is 0 Å². The van der Waals surface area contributed by atoms with Crippen molar-refractivity contribution in [2.24, 2.45) is 23.5 Å². The predicted octanol–water partition coefficient (Wildman–Crippen LogP) is 2.44. The summed E-state index contributed by atoms with van der Waals surface area (Å²) in [4.78, 5) is 28.5. The summed E-state index contributed by atoms with van der Waals surface area (Å²) in [6.45, 7) is 5.93. The van der Waals surface area contributed by atoms with Crippen LogP contribution in [0.25, 0.3) is 0 Å². The zero-order chi connectivity index (χ0) is 20.4. The molecule has 2 aliphatic carbocycles. The zero-order valence-corrected chi connectivity index (χ0v) is 17.5. The molecule has 6 heteroatoms. The van der Waals surface area contributed by atoms with E-state index in [1.165, 1.54) is 24.8 Å². The van der Waals surface area contributed by atoms with Crippen LogP contribution in [-0.2, 0) is 16.1 Å². The second-order valence-electron chi connectivity index (χ2n) is 9.17. The monoisotopic (exact) mass is 398 g/mol. The van der Waals surface area contributed by atoms with Gasteiger partial charge >= 0.3 is 0 Å². The van der Waals surface area contributed by atoms with Crippen LogP contribution in [0.1, 0.15) is 44.6 Å². The van der Waals surface area contributed by atoms with Crippen molar-refractivity contribution in [3.8, 4) is 0 Å². The summed E-state index contributed by atoms with van der Waals surface area (Å²) in [6.07, 6.45) is 5.50. The molecule has 6 nitrogen and oxygen atoms in total. The minimum absolute atomic E-state index is 0.0994. The molecule has 0 aromatic heterocycles. The first kappa shape index (κ1) is 20.4. The Morgan fingerprint density at radius 3 is 2.24 bits per heavy atom. The highest BCUT2D eigenvalue weighted by Gasteiger charge is 2.40. The molecule has 1 saturated heterocycles. The molecule has 2 atom stereocenters. The van der Waals surface area contributed by atoms with E-state index in [1.54, 1.807) is 6.92 Å². The fourth-order valence-electron chi connectivity index (χ4n) is 5.42. The lowest BCUT2D eigenvalue weighted by atomic mass is 9.65. The molecule has 158 valence electrons. The highest BCUT2D eigenvalue weighted by molar-refractivity contribution is 5.92. The van der Waals surface area contributed by atoms with Crippen molar-refractivity contribution in [1.82, 2.24) is 9.80 Å². The van der Waals surface area contributed by atoms with Gasteiger partial charge < -0.3 is 16.0 Å². The van der Waals surface area contributed by atoms with Crippen LogP contribution in [0.4, 0.5) is 5.69 Å².